The molecule has 0 fully saturated rings. The molecule has 0 aromatic rings. The van der Waals surface area contributed by atoms with Crippen LogP contribution >= 0.6 is 0 Å². The van der Waals surface area contributed by atoms with Crippen molar-refractivity contribution in [2.75, 3.05) is 6.61 Å². The molecule has 0 radical (unpaired) electrons. The molecule has 112 valence electrons. The number of amides is 1. The van der Waals surface area contributed by atoms with E-state index >= 15 is 0 Å². The minimum absolute atomic E-state index is 0.0277. The normalized spacial score (nSPS) is 14.0. The van der Waals surface area contributed by atoms with Gasteiger partial charge in [0.1, 0.15) is 0 Å². The SMILES string of the molecule is CC(C)(C)CCC(=O)N[C@@H](COC(C)(C)C)C(=O)O. The summed E-state index contributed by atoms with van der Waals surface area (Å²) in [6.45, 7) is 11.6. The van der Waals surface area contributed by atoms with E-state index in [1.807, 2.05) is 41.5 Å². The van der Waals surface area contributed by atoms with Crippen LogP contribution in [0.2, 0.25) is 0 Å². The number of rotatable bonds is 6. The smallest absolute Gasteiger partial charge is 0.328 e. The maximum Gasteiger partial charge on any atom is 0.328 e. The molecule has 0 aliphatic rings. The first kappa shape index (κ1) is 17.9. The van der Waals surface area contributed by atoms with Crippen molar-refractivity contribution < 1.29 is 19.4 Å². The lowest BCUT2D eigenvalue weighted by Gasteiger charge is -2.23. The number of carboxylic acids is 1. The molecular formula is C14H27NO4. The van der Waals surface area contributed by atoms with Gasteiger partial charge in [-0.2, -0.15) is 0 Å². The summed E-state index contributed by atoms with van der Waals surface area (Å²) in [5.74, 6) is -1.33. The van der Waals surface area contributed by atoms with E-state index in [1.54, 1.807) is 0 Å². The van der Waals surface area contributed by atoms with Crippen LogP contribution in [0.25, 0.3) is 0 Å². The summed E-state index contributed by atoms with van der Waals surface area (Å²) in [7, 11) is 0. The van der Waals surface area contributed by atoms with Gasteiger partial charge in [-0.15, -0.1) is 0 Å². The van der Waals surface area contributed by atoms with Gasteiger partial charge in [0.25, 0.3) is 0 Å². The highest BCUT2D eigenvalue weighted by molar-refractivity contribution is 5.83. The summed E-state index contributed by atoms with van der Waals surface area (Å²) in [4.78, 5) is 22.8. The van der Waals surface area contributed by atoms with Crippen LogP contribution in [-0.4, -0.2) is 35.2 Å². The topological polar surface area (TPSA) is 75.6 Å². The summed E-state index contributed by atoms with van der Waals surface area (Å²) in [5, 5.41) is 11.6. The number of hydrogen-bond donors (Lipinski definition) is 2. The lowest BCUT2D eigenvalue weighted by Crippen LogP contribution is -2.45. The zero-order chi connectivity index (χ0) is 15.3. The fraction of sp³-hybridized carbons (Fsp3) is 0.857. The summed E-state index contributed by atoms with van der Waals surface area (Å²) >= 11 is 0. The lowest BCUT2D eigenvalue weighted by atomic mass is 9.90. The van der Waals surface area contributed by atoms with Gasteiger partial charge in [-0.25, -0.2) is 4.79 Å². The molecule has 19 heavy (non-hydrogen) atoms. The summed E-state index contributed by atoms with van der Waals surface area (Å²) < 4.78 is 5.40. The van der Waals surface area contributed by atoms with Crippen molar-refractivity contribution in [3.8, 4) is 0 Å². The Balaban J connectivity index is 4.28. The molecule has 0 aromatic carbocycles. The van der Waals surface area contributed by atoms with Crippen LogP contribution in [0.3, 0.4) is 0 Å². The molecule has 0 unspecified atom stereocenters. The Hall–Kier alpha value is -1.10. The summed E-state index contributed by atoms with van der Waals surface area (Å²) in [6.07, 6.45) is 1.04. The molecule has 0 saturated carbocycles. The molecule has 0 bridgehead atoms. The Bertz CT molecular complexity index is 312. The minimum atomic E-state index is -1.08. The van der Waals surface area contributed by atoms with Crippen LogP contribution in [-0.2, 0) is 14.3 Å². The predicted molar refractivity (Wildman–Crippen MR) is 74.0 cm³/mol. The van der Waals surface area contributed by atoms with Crippen molar-refractivity contribution in [1.29, 1.82) is 0 Å². The van der Waals surface area contributed by atoms with Crippen molar-refractivity contribution >= 4 is 11.9 Å². The maximum absolute atomic E-state index is 11.7. The van der Waals surface area contributed by atoms with Gasteiger partial charge in [0.05, 0.1) is 12.2 Å². The zero-order valence-electron chi connectivity index (χ0n) is 12.9. The maximum atomic E-state index is 11.7. The Morgan fingerprint density at radius 1 is 1.16 bits per heavy atom. The van der Waals surface area contributed by atoms with E-state index in [-0.39, 0.29) is 17.9 Å². The average molecular weight is 273 g/mol. The standard InChI is InChI=1S/C14H27NO4/c1-13(2,3)8-7-11(16)15-10(12(17)18)9-19-14(4,5)6/h10H,7-9H2,1-6H3,(H,15,16)(H,17,18)/t10-/m0/s1. The molecule has 5 heteroatoms. The minimum Gasteiger partial charge on any atom is -0.480 e. The number of aliphatic carboxylic acids is 1. The highest BCUT2D eigenvalue weighted by Crippen LogP contribution is 2.20. The molecule has 0 aromatic heterocycles. The molecule has 1 amide bonds. The second-order valence-corrected chi connectivity index (χ2v) is 6.94. The summed E-state index contributed by atoms with van der Waals surface area (Å²) in [6, 6.07) is -0.994. The van der Waals surface area contributed by atoms with E-state index in [4.69, 9.17) is 9.84 Å². The van der Waals surface area contributed by atoms with Crippen LogP contribution in [0.15, 0.2) is 0 Å². The largest absolute Gasteiger partial charge is 0.480 e. The lowest BCUT2D eigenvalue weighted by molar-refractivity contribution is -0.145. The number of carbonyl (C=O) groups excluding carboxylic acids is 1. The van der Waals surface area contributed by atoms with Gasteiger partial charge >= 0.3 is 5.97 Å². The van der Waals surface area contributed by atoms with Gasteiger partial charge in [-0.05, 0) is 32.6 Å². The molecular weight excluding hydrogens is 246 g/mol. The number of carbonyl (C=O) groups is 2. The van der Waals surface area contributed by atoms with Gasteiger partial charge in [0.15, 0.2) is 6.04 Å². The Morgan fingerprint density at radius 2 is 1.68 bits per heavy atom. The highest BCUT2D eigenvalue weighted by atomic mass is 16.5. The van der Waals surface area contributed by atoms with Gasteiger partial charge < -0.3 is 15.2 Å². The molecule has 0 aliphatic carbocycles. The van der Waals surface area contributed by atoms with E-state index < -0.39 is 17.6 Å². The molecule has 5 nitrogen and oxygen atoms in total. The number of ether oxygens (including phenoxy) is 1. The van der Waals surface area contributed by atoms with Gasteiger partial charge in [-0.3, -0.25) is 4.79 Å². The van der Waals surface area contributed by atoms with Crippen molar-refractivity contribution in [3.05, 3.63) is 0 Å². The number of hydrogen-bond acceptors (Lipinski definition) is 3. The van der Waals surface area contributed by atoms with Crippen LogP contribution < -0.4 is 5.32 Å². The monoisotopic (exact) mass is 273 g/mol. The Kier molecular flexibility index (Phi) is 6.49. The molecule has 0 aliphatic heterocycles. The molecule has 0 spiro atoms. The van der Waals surface area contributed by atoms with Crippen molar-refractivity contribution in [1.82, 2.24) is 5.32 Å². The predicted octanol–water partition coefficient (Wildman–Crippen LogP) is 2.20. The Labute approximate surface area is 115 Å². The summed E-state index contributed by atoms with van der Waals surface area (Å²) in [5.41, 5.74) is -0.373. The third-order valence-corrected chi connectivity index (χ3v) is 2.42. The number of carboxylic acid groups (broad SMARTS) is 1. The fourth-order valence-electron chi connectivity index (χ4n) is 1.26. The van der Waals surface area contributed by atoms with Crippen molar-refractivity contribution in [3.63, 3.8) is 0 Å². The van der Waals surface area contributed by atoms with Gasteiger partial charge in [0.2, 0.25) is 5.91 Å². The van der Waals surface area contributed by atoms with Gasteiger partial charge in [0, 0.05) is 6.42 Å². The zero-order valence-corrected chi connectivity index (χ0v) is 12.9. The molecule has 1 atom stereocenters. The van der Waals surface area contributed by atoms with Crippen LogP contribution in [0.4, 0.5) is 0 Å². The second kappa shape index (κ2) is 6.89. The van der Waals surface area contributed by atoms with E-state index in [2.05, 4.69) is 5.32 Å². The van der Waals surface area contributed by atoms with Crippen LogP contribution in [0, 0.1) is 5.41 Å². The quantitative estimate of drug-likeness (QED) is 0.778. The third-order valence-electron chi connectivity index (χ3n) is 2.42. The first-order chi connectivity index (χ1) is 8.41. The second-order valence-electron chi connectivity index (χ2n) is 6.94. The first-order valence-electron chi connectivity index (χ1n) is 6.57. The van der Waals surface area contributed by atoms with Crippen molar-refractivity contribution in [2.45, 2.75) is 66.0 Å². The third kappa shape index (κ3) is 10.5. The van der Waals surface area contributed by atoms with Crippen LogP contribution in [0.5, 0.6) is 0 Å². The fourth-order valence-corrected chi connectivity index (χ4v) is 1.26. The molecule has 2 N–H and O–H groups in total. The number of nitrogens with one attached hydrogen (secondary N) is 1. The Morgan fingerprint density at radius 3 is 2.05 bits per heavy atom. The van der Waals surface area contributed by atoms with Crippen LogP contribution in [0.1, 0.15) is 54.4 Å². The molecule has 0 heterocycles. The average Bonchev–Trinajstić information content (AvgIpc) is 2.18. The van der Waals surface area contributed by atoms with E-state index in [0.717, 1.165) is 0 Å². The van der Waals surface area contributed by atoms with Gasteiger partial charge in [-0.1, -0.05) is 20.8 Å². The molecule has 0 saturated heterocycles. The molecule has 0 rings (SSSR count). The first-order valence-corrected chi connectivity index (χ1v) is 6.57. The van der Waals surface area contributed by atoms with E-state index in [0.29, 0.717) is 12.8 Å². The van der Waals surface area contributed by atoms with E-state index in [9.17, 15) is 9.59 Å². The highest BCUT2D eigenvalue weighted by Gasteiger charge is 2.23. The van der Waals surface area contributed by atoms with E-state index in [1.165, 1.54) is 0 Å². The van der Waals surface area contributed by atoms with Crippen molar-refractivity contribution in [2.24, 2.45) is 5.41 Å².